The number of hydrogen-bond acceptors (Lipinski definition) is 11. The molecule has 2 aromatic carbocycles. The lowest BCUT2D eigenvalue weighted by Crippen LogP contribution is -2.53. The number of allylic oxidation sites excluding steroid dienone is 2. The number of aromatic nitrogens is 2. The summed E-state index contributed by atoms with van der Waals surface area (Å²) in [6.07, 6.45) is 5.90. The van der Waals surface area contributed by atoms with Crippen LogP contribution in [0.3, 0.4) is 0 Å². The first-order chi connectivity index (χ1) is 31.7. The third kappa shape index (κ3) is 8.26. The molecule has 346 valence electrons. The molecule has 0 radical (unpaired) electrons. The fourth-order valence-electron chi connectivity index (χ4n) is 10.0. The van der Waals surface area contributed by atoms with Crippen molar-refractivity contribution in [3.8, 4) is 17.0 Å². The van der Waals surface area contributed by atoms with E-state index in [4.69, 9.17) is 24.2 Å². The van der Waals surface area contributed by atoms with Crippen LogP contribution in [0.4, 0.5) is 14.0 Å². The highest BCUT2D eigenvalue weighted by Gasteiger charge is 2.41. The van der Waals surface area contributed by atoms with Crippen molar-refractivity contribution in [3.05, 3.63) is 82.4 Å². The van der Waals surface area contributed by atoms with Crippen LogP contribution in [0, 0.1) is 24.6 Å². The number of ether oxygens (including phenoxy) is 3. The lowest BCUT2D eigenvalue weighted by Gasteiger charge is -2.31. The van der Waals surface area contributed by atoms with Crippen molar-refractivity contribution in [2.75, 3.05) is 27.3 Å². The molecule has 17 heteroatoms. The summed E-state index contributed by atoms with van der Waals surface area (Å²) in [6, 6.07) is 11.8. The Hall–Kier alpha value is -6.36. The average Bonchev–Trinajstić information content (AvgIpc) is 4.16. The second kappa shape index (κ2) is 18.1. The Bertz CT molecular complexity index is 2750. The van der Waals surface area contributed by atoms with Gasteiger partial charge in [-0.05, 0) is 115 Å². The quantitative estimate of drug-likeness (QED) is 0.152. The van der Waals surface area contributed by atoms with Crippen LogP contribution in [0.25, 0.3) is 33.3 Å². The van der Waals surface area contributed by atoms with E-state index in [1.54, 1.807) is 11.1 Å². The first kappa shape index (κ1) is 44.8. The lowest BCUT2D eigenvalue weighted by atomic mass is 9.95. The number of alkyl carbamates (subject to hydrolysis) is 2. The first-order valence-electron chi connectivity index (χ1n) is 22.6. The Morgan fingerprint density at radius 1 is 0.788 bits per heavy atom. The molecule has 0 saturated carbocycles. The lowest BCUT2D eigenvalue weighted by molar-refractivity contribution is -0.134. The van der Waals surface area contributed by atoms with Crippen molar-refractivity contribution in [2.24, 2.45) is 21.8 Å². The molecule has 9 rings (SSSR count). The van der Waals surface area contributed by atoms with Gasteiger partial charge in [0.2, 0.25) is 18.0 Å². The molecule has 7 heterocycles. The molecule has 5 aliphatic heterocycles. The van der Waals surface area contributed by atoms with Crippen molar-refractivity contribution in [2.45, 2.75) is 104 Å². The van der Waals surface area contributed by atoms with E-state index in [0.717, 1.165) is 75.3 Å². The van der Waals surface area contributed by atoms with Gasteiger partial charge >= 0.3 is 12.2 Å². The summed E-state index contributed by atoms with van der Waals surface area (Å²) in [5, 5.41) is 6.33. The Morgan fingerprint density at radius 3 is 1.89 bits per heavy atom. The molecule has 2 fully saturated rings. The average molecular weight is 919 g/mol. The molecule has 0 aliphatic carbocycles. The highest BCUT2D eigenvalue weighted by molar-refractivity contribution is 7.05. The van der Waals surface area contributed by atoms with Crippen molar-refractivity contribution in [1.82, 2.24) is 29.4 Å². The van der Waals surface area contributed by atoms with Gasteiger partial charge in [0.1, 0.15) is 23.7 Å². The number of aryl methyl sites for hydroxylation is 1. The van der Waals surface area contributed by atoms with Gasteiger partial charge < -0.3 is 34.6 Å². The molecule has 2 saturated heterocycles. The van der Waals surface area contributed by atoms with Crippen LogP contribution < -0.4 is 15.4 Å². The number of benzene rings is 2. The molecule has 0 bridgehead atoms. The van der Waals surface area contributed by atoms with E-state index < -0.39 is 36.3 Å². The van der Waals surface area contributed by atoms with Gasteiger partial charge in [-0.15, -0.1) is 0 Å². The minimum absolute atomic E-state index is 0.131. The molecule has 4 amide bonds. The number of methoxy groups -OCH3 is 2. The van der Waals surface area contributed by atoms with Crippen LogP contribution in [0.1, 0.15) is 94.1 Å². The normalized spacial score (nSPS) is 20.9. The van der Waals surface area contributed by atoms with E-state index in [-0.39, 0.29) is 35.7 Å². The Labute approximate surface area is 386 Å². The van der Waals surface area contributed by atoms with Crippen molar-refractivity contribution < 1.29 is 37.8 Å². The summed E-state index contributed by atoms with van der Waals surface area (Å²) in [5.41, 5.74) is 7.94. The first-order valence-corrected chi connectivity index (χ1v) is 23.4. The van der Waals surface area contributed by atoms with Crippen LogP contribution in [0.2, 0.25) is 0 Å². The molecule has 2 aromatic heterocycles. The summed E-state index contributed by atoms with van der Waals surface area (Å²) in [6.45, 7) is 10.6. The third-order valence-corrected chi connectivity index (χ3v) is 14.3. The van der Waals surface area contributed by atoms with Gasteiger partial charge in [-0.1, -0.05) is 33.8 Å². The van der Waals surface area contributed by atoms with E-state index in [1.165, 1.54) is 31.8 Å². The number of rotatable bonds is 11. The Morgan fingerprint density at radius 2 is 1.36 bits per heavy atom. The topological polar surface area (TPSA) is 169 Å². The Balaban J connectivity index is 0.965. The number of carbonyl (C=O) groups excluding carboxylic acids is 4. The summed E-state index contributed by atoms with van der Waals surface area (Å²) < 4.78 is 39.8. The number of halogens is 1. The van der Waals surface area contributed by atoms with Gasteiger partial charge in [-0.3, -0.25) is 24.1 Å². The minimum atomic E-state index is -0.743. The molecular formula is C49H55FN8O7S. The van der Waals surface area contributed by atoms with E-state index >= 15 is 4.39 Å². The second-order valence-corrected chi connectivity index (χ2v) is 19.2. The van der Waals surface area contributed by atoms with Crippen molar-refractivity contribution in [3.63, 3.8) is 0 Å². The van der Waals surface area contributed by atoms with Gasteiger partial charge in [-0.2, -0.15) is 4.37 Å². The summed E-state index contributed by atoms with van der Waals surface area (Å²) >= 11 is 1.35. The summed E-state index contributed by atoms with van der Waals surface area (Å²) in [7, 11) is 2.56. The zero-order valence-electron chi connectivity index (χ0n) is 38.2. The summed E-state index contributed by atoms with van der Waals surface area (Å²) in [5.74, 6) is -0.627. The van der Waals surface area contributed by atoms with Crippen LogP contribution in [-0.4, -0.2) is 106 Å². The highest BCUT2D eigenvalue weighted by Crippen LogP contribution is 2.48. The number of amides is 4. The number of nitrogens with zero attached hydrogens (tertiary/aromatic N) is 6. The summed E-state index contributed by atoms with van der Waals surface area (Å²) in [4.78, 5) is 66.0. The van der Waals surface area contributed by atoms with Crippen LogP contribution in [0.5, 0.6) is 5.75 Å². The monoisotopic (exact) mass is 918 g/mol. The second-order valence-electron chi connectivity index (χ2n) is 18.3. The van der Waals surface area contributed by atoms with Gasteiger partial charge in [0, 0.05) is 55.1 Å². The van der Waals surface area contributed by atoms with E-state index in [1.807, 2.05) is 74.6 Å². The highest BCUT2D eigenvalue weighted by atomic mass is 32.1. The number of aliphatic imine (C=N–C) groups is 2. The van der Waals surface area contributed by atoms with Crippen LogP contribution >= 0.6 is 11.5 Å². The van der Waals surface area contributed by atoms with E-state index in [2.05, 4.69) is 27.1 Å². The molecule has 4 aromatic rings. The molecule has 5 atom stereocenters. The minimum Gasteiger partial charge on any atom is -0.464 e. The number of carbonyl (C=O) groups is 4. The SMILES string of the molecule is COC(=O)N[C@H](C(=O)N1CCC[C@H]1C1=NC=C(c2cc(F)c3c(c2)OC(c2cc(C)ns2)n2c-3cc3cc(C4=CN=C([C@@H]5CCCN5C(=O)[C@@H](NC(=O)OC)C(C)C)C4)ccc32)C1)C(C)C. The third-order valence-electron chi connectivity index (χ3n) is 13.4. The molecule has 66 heavy (non-hydrogen) atoms. The predicted molar refractivity (Wildman–Crippen MR) is 251 cm³/mol. The molecular weight excluding hydrogens is 864 g/mol. The van der Waals surface area contributed by atoms with Gasteiger partial charge in [-0.25, -0.2) is 14.0 Å². The largest absolute Gasteiger partial charge is 0.464 e. The fraction of sp³-hybridized carbons (Fsp3) is 0.449. The fourth-order valence-corrected chi connectivity index (χ4v) is 10.8. The van der Waals surface area contributed by atoms with Gasteiger partial charge in [0.15, 0.2) is 0 Å². The zero-order chi connectivity index (χ0) is 46.6. The maximum absolute atomic E-state index is 16.8. The maximum Gasteiger partial charge on any atom is 0.407 e. The van der Waals surface area contributed by atoms with Crippen molar-refractivity contribution >= 4 is 69.0 Å². The molecule has 15 nitrogen and oxygen atoms in total. The maximum atomic E-state index is 16.8. The standard InChI is InChI=1S/C49H55FN8O7S/c1-25(2)43(53-48(61)63-6)45(59)56-14-8-10-37(56)34-19-31(23-51-34)28-12-13-36-30(17-28)21-39-42-33(50)18-29(22-40(42)65-47(58(36)39)41-16-27(5)55-66-41)32-20-35(52-24-32)38-11-9-15-57(38)46(60)44(26(3)4)54-49(62)64-7/h12-13,16-18,21-26,37-38,43-44,47H,8-11,14-15,19-20H2,1-7H3,(H,53,61)(H,54,62)/t37-,38-,43-,44-,47?/m0/s1. The van der Waals surface area contributed by atoms with Gasteiger partial charge in [0.25, 0.3) is 0 Å². The number of likely N-dealkylation sites (tertiary alicyclic amines) is 2. The Kier molecular flexibility index (Phi) is 12.3. The molecule has 0 spiro atoms. The van der Waals surface area contributed by atoms with E-state index in [9.17, 15) is 19.2 Å². The van der Waals surface area contributed by atoms with E-state index in [0.29, 0.717) is 48.5 Å². The number of hydrogen-bond donors (Lipinski definition) is 2. The molecule has 2 N–H and O–H groups in total. The predicted octanol–water partition coefficient (Wildman–Crippen LogP) is 8.27. The number of nitrogens with one attached hydrogen (secondary N) is 2. The smallest absolute Gasteiger partial charge is 0.407 e. The van der Waals surface area contributed by atoms with Crippen LogP contribution in [-0.2, 0) is 19.1 Å². The van der Waals surface area contributed by atoms with Crippen molar-refractivity contribution in [1.29, 1.82) is 0 Å². The van der Waals surface area contributed by atoms with Crippen LogP contribution in [0.15, 0.2) is 64.8 Å². The molecule has 5 aliphatic rings. The molecule has 1 unspecified atom stereocenters. The zero-order valence-corrected chi connectivity index (χ0v) is 39.0. The number of fused-ring (bicyclic) bond motifs is 5. The van der Waals surface area contributed by atoms with Gasteiger partial charge in [0.05, 0.1) is 53.6 Å².